The van der Waals surface area contributed by atoms with Crippen LogP contribution in [0.1, 0.15) is 16.1 Å². The van der Waals surface area contributed by atoms with Crippen molar-refractivity contribution < 1.29 is 27.5 Å². The minimum atomic E-state index is -3.02. The predicted octanol–water partition coefficient (Wildman–Crippen LogP) is 2.22. The van der Waals surface area contributed by atoms with E-state index in [0.29, 0.717) is 5.76 Å². The van der Waals surface area contributed by atoms with E-state index in [1.54, 1.807) is 12.1 Å². The highest BCUT2D eigenvalue weighted by atomic mass is 32.2. The van der Waals surface area contributed by atoms with Crippen LogP contribution in [0.25, 0.3) is 6.08 Å². The van der Waals surface area contributed by atoms with Crippen LogP contribution >= 0.6 is 11.8 Å². The molecule has 1 aliphatic heterocycles. The van der Waals surface area contributed by atoms with E-state index in [1.165, 1.54) is 55.6 Å². The molecule has 192 valence electrons. The number of hydrogen-bond acceptors (Lipinski definition) is 9. The Morgan fingerprint density at radius 2 is 1.86 bits per heavy atom. The highest BCUT2D eigenvalue weighted by molar-refractivity contribution is 8.14. The van der Waals surface area contributed by atoms with E-state index in [-0.39, 0.29) is 39.4 Å². The summed E-state index contributed by atoms with van der Waals surface area (Å²) in [7, 11) is 2.55. The van der Waals surface area contributed by atoms with Gasteiger partial charge < -0.3 is 14.9 Å². The molecule has 4 rings (SSSR count). The van der Waals surface area contributed by atoms with Crippen LogP contribution in [0.4, 0.5) is 20.3 Å². The number of rotatable bonds is 7. The van der Waals surface area contributed by atoms with E-state index >= 15 is 0 Å². The number of carbonyl (C=O) groups is 2. The van der Waals surface area contributed by atoms with E-state index in [2.05, 4.69) is 9.73 Å². The summed E-state index contributed by atoms with van der Waals surface area (Å²) in [4.78, 5) is 56.2. The molecule has 37 heavy (non-hydrogen) atoms. The second-order valence-electron chi connectivity index (χ2n) is 7.63. The van der Waals surface area contributed by atoms with Crippen LogP contribution < -0.4 is 26.6 Å². The molecule has 1 amide bonds. The fourth-order valence-corrected chi connectivity index (χ4v) is 4.31. The molecular formula is C23H19F2N5O6S. The molecule has 0 radical (unpaired) electrons. The lowest BCUT2D eigenvalue weighted by Crippen LogP contribution is -2.42. The van der Waals surface area contributed by atoms with Gasteiger partial charge in [-0.2, -0.15) is 8.78 Å². The van der Waals surface area contributed by atoms with Crippen molar-refractivity contribution in [1.29, 1.82) is 0 Å². The van der Waals surface area contributed by atoms with E-state index in [9.17, 15) is 28.0 Å². The topological polar surface area (TPSA) is 142 Å². The van der Waals surface area contributed by atoms with Crippen molar-refractivity contribution >= 4 is 46.2 Å². The first-order chi connectivity index (χ1) is 17.6. The predicted molar refractivity (Wildman–Crippen MR) is 133 cm³/mol. The zero-order chi connectivity index (χ0) is 26.9. The molecule has 1 aliphatic rings. The van der Waals surface area contributed by atoms with Crippen LogP contribution in [-0.4, -0.2) is 38.4 Å². The Kier molecular flexibility index (Phi) is 7.11. The van der Waals surface area contributed by atoms with E-state index in [4.69, 9.17) is 10.2 Å². The number of furan rings is 1. The van der Waals surface area contributed by atoms with Crippen LogP contribution in [0.15, 0.2) is 67.4 Å². The Hall–Kier alpha value is -4.46. The van der Waals surface area contributed by atoms with Crippen molar-refractivity contribution in [3.05, 3.63) is 80.5 Å². The molecule has 2 N–H and O–H groups in total. The van der Waals surface area contributed by atoms with Gasteiger partial charge in [-0.3, -0.25) is 28.4 Å². The first-order valence-corrected chi connectivity index (χ1v) is 11.5. The molecule has 14 heteroatoms. The summed E-state index contributed by atoms with van der Waals surface area (Å²) >= 11 is 0.850. The van der Waals surface area contributed by atoms with Gasteiger partial charge >= 0.3 is 12.3 Å². The Bertz CT molecular complexity index is 1540. The Labute approximate surface area is 211 Å². The number of amides is 1. The lowest BCUT2D eigenvalue weighted by Gasteiger charge is -2.18. The molecule has 11 nitrogen and oxygen atoms in total. The van der Waals surface area contributed by atoms with Gasteiger partial charge in [-0.25, -0.2) is 9.79 Å². The van der Waals surface area contributed by atoms with Crippen LogP contribution in [-0.2, 0) is 18.9 Å². The summed E-state index contributed by atoms with van der Waals surface area (Å²) in [6.45, 7) is -3.02. The average Bonchev–Trinajstić information content (AvgIpc) is 3.48. The van der Waals surface area contributed by atoms with E-state index in [1.807, 2.05) is 0 Å². The SMILES string of the molecule is Cn1c(N)c(C(=O)CSC2=N/C(=C/c3ccco3)C(=O)N2c2ccc(OC(F)F)cc2)c(=O)n(C)c1=O. The Morgan fingerprint density at radius 1 is 1.16 bits per heavy atom. The summed E-state index contributed by atoms with van der Waals surface area (Å²) in [6.07, 6.45) is 2.82. The molecule has 0 aliphatic carbocycles. The molecule has 2 aromatic heterocycles. The summed E-state index contributed by atoms with van der Waals surface area (Å²) < 4.78 is 36.4. The molecule has 0 unspecified atom stereocenters. The van der Waals surface area contributed by atoms with Crippen molar-refractivity contribution in [1.82, 2.24) is 9.13 Å². The number of amidine groups is 1. The molecular weight excluding hydrogens is 512 g/mol. The van der Waals surface area contributed by atoms with Gasteiger partial charge in [-0.1, -0.05) is 11.8 Å². The fourth-order valence-electron chi connectivity index (χ4n) is 3.43. The lowest BCUT2D eigenvalue weighted by molar-refractivity contribution is -0.113. The quantitative estimate of drug-likeness (QED) is 0.361. The second-order valence-corrected chi connectivity index (χ2v) is 8.57. The Morgan fingerprint density at radius 3 is 2.49 bits per heavy atom. The number of aromatic nitrogens is 2. The van der Waals surface area contributed by atoms with Gasteiger partial charge in [0, 0.05) is 20.2 Å². The number of hydrogen-bond donors (Lipinski definition) is 1. The number of nitrogen functional groups attached to an aromatic ring is 1. The zero-order valence-electron chi connectivity index (χ0n) is 19.4. The molecule has 3 aromatic rings. The lowest BCUT2D eigenvalue weighted by atomic mass is 10.2. The summed E-state index contributed by atoms with van der Waals surface area (Å²) in [6, 6.07) is 8.51. The minimum Gasteiger partial charge on any atom is -0.465 e. The summed E-state index contributed by atoms with van der Waals surface area (Å²) in [5.41, 5.74) is 4.23. The molecule has 0 atom stereocenters. The molecule has 3 heterocycles. The van der Waals surface area contributed by atoms with Gasteiger partial charge in [0.05, 0.1) is 17.7 Å². The molecule has 0 saturated heterocycles. The zero-order valence-corrected chi connectivity index (χ0v) is 20.2. The number of thioether (sulfide) groups is 1. The van der Waals surface area contributed by atoms with Gasteiger partial charge in [0.1, 0.15) is 28.6 Å². The summed E-state index contributed by atoms with van der Waals surface area (Å²) in [5, 5.41) is 0.0823. The number of ketones is 1. The number of aliphatic imine (C=N–C) groups is 1. The van der Waals surface area contributed by atoms with Crippen molar-refractivity contribution in [3.8, 4) is 5.75 Å². The van der Waals surface area contributed by atoms with Crippen LogP contribution in [0.5, 0.6) is 5.75 Å². The number of benzene rings is 1. The number of anilines is 2. The second kappa shape index (κ2) is 10.3. The fraction of sp³-hybridized carbons (Fsp3) is 0.174. The maximum Gasteiger partial charge on any atom is 0.387 e. The number of halogens is 2. The molecule has 0 fully saturated rings. The smallest absolute Gasteiger partial charge is 0.387 e. The van der Waals surface area contributed by atoms with Crippen molar-refractivity contribution in [2.75, 3.05) is 16.4 Å². The van der Waals surface area contributed by atoms with E-state index < -0.39 is 29.6 Å². The third-order valence-corrected chi connectivity index (χ3v) is 6.23. The van der Waals surface area contributed by atoms with Crippen LogP contribution in [0.2, 0.25) is 0 Å². The highest BCUT2D eigenvalue weighted by Gasteiger charge is 2.33. The maximum absolute atomic E-state index is 13.2. The molecule has 0 bridgehead atoms. The number of alkyl halides is 2. The van der Waals surface area contributed by atoms with Crippen LogP contribution in [0.3, 0.4) is 0 Å². The minimum absolute atomic E-state index is 0.00431. The number of Topliss-reactive ketones (excluding diaryl/α,β-unsaturated/α-hetero) is 1. The van der Waals surface area contributed by atoms with Crippen molar-refractivity contribution in [2.24, 2.45) is 19.1 Å². The van der Waals surface area contributed by atoms with Crippen LogP contribution in [0, 0.1) is 0 Å². The first kappa shape index (κ1) is 25.6. The van der Waals surface area contributed by atoms with Gasteiger partial charge in [0.25, 0.3) is 11.5 Å². The van der Waals surface area contributed by atoms with Gasteiger partial charge in [0.15, 0.2) is 11.0 Å². The van der Waals surface area contributed by atoms with Crippen molar-refractivity contribution in [3.63, 3.8) is 0 Å². The Balaban J connectivity index is 1.66. The van der Waals surface area contributed by atoms with Crippen molar-refractivity contribution in [2.45, 2.75) is 6.61 Å². The first-order valence-electron chi connectivity index (χ1n) is 10.5. The average molecular weight is 531 g/mol. The molecule has 1 aromatic carbocycles. The van der Waals surface area contributed by atoms with E-state index in [0.717, 1.165) is 20.9 Å². The standard InChI is InChI=1S/C23H19F2N5O6S/c1-28-18(26)17(20(33)29(2)23(28)34)16(31)11-37-22-27-15(10-14-4-3-9-35-14)19(32)30(22)12-5-7-13(8-6-12)36-21(24)25/h3-10,21H,11,26H2,1-2H3/b15-10+. The third-order valence-electron chi connectivity index (χ3n) is 5.29. The number of nitrogens with two attached hydrogens (primary N) is 1. The number of ether oxygens (including phenoxy) is 1. The van der Waals surface area contributed by atoms with Gasteiger partial charge in [-0.05, 0) is 36.4 Å². The maximum atomic E-state index is 13.2. The number of carbonyl (C=O) groups excluding carboxylic acids is 2. The number of nitrogens with zero attached hydrogens (tertiary/aromatic N) is 4. The summed E-state index contributed by atoms with van der Waals surface area (Å²) in [5.74, 6) is -1.63. The van der Waals surface area contributed by atoms with Gasteiger partial charge in [-0.15, -0.1) is 0 Å². The molecule has 0 saturated carbocycles. The molecule has 0 spiro atoms. The highest BCUT2D eigenvalue weighted by Crippen LogP contribution is 2.31. The largest absolute Gasteiger partial charge is 0.465 e. The third kappa shape index (κ3) is 5.09. The normalized spacial score (nSPS) is 14.5. The monoisotopic (exact) mass is 531 g/mol. The van der Waals surface area contributed by atoms with Gasteiger partial charge in [0.2, 0.25) is 0 Å².